The summed E-state index contributed by atoms with van der Waals surface area (Å²) in [6.45, 7) is 0. The zero-order valence-corrected chi connectivity index (χ0v) is 12.7. The van der Waals surface area contributed by atoms with Gasteiger partial charge in [0.25, 0.3) is 0 Å². The van der Waals surface area contributed by atoms with E-state index in [-0.39, 0.29) is 0 Å². The lowest BCUT2D eigenvalue weighted by atomic mass is 9.91. The predicted octanol–water partition coefficient (Wildman–Crippen LogP) is 1.87. The minimum Gasteiger partial charge on any atom is -0.399 e. The molecule has 120 valence electrons. The van der Waals surface area contributed by atoms with Crippen LogP contribution in [0.5, 0.6) is 0 Å². The van der Waals surface area contributed by atoms with Crippen LogP contribution in [-0.4, -0.2) is 11.8 Å². The Balaban J connectivity index is 2.40. The third-order valence-corrected chi connectivity index (χ3v) is 3.91. The molecule has 3 rings (SSSR count). The van der Waals surface area contributed by atoms with Crippen LogP contribution in [0.25, 0.3) is 21.9 Å². The normalized spacial score (nSPS) is 10.7. The van der Waals surface area contributed by atoms with E-state index < -0.39 is 11.8 Å². The Morgan fingerprint density at radius 1 is 0.792 bits per heavy atom. The molecule has 6 heteroatoms. The van der Waals surface area contributed by atoms with Crippen molar-refractivity contribution in [1.82, 2.24) is 0 Å². The Hall–Kier alpha value is -3.54. The second kappa shape index (κ2) is 5.58. The Kier molecular flexibility index (Phi) is 3.57. The lowest BCUT2D eigenvalue weighted by Gasteiger charge is -2.14. The van der Waals surface area contributed by atoms with Crippen LogP contribution < -0.4 is 22.9 Å². The van der Waals surface area contributed by atoms with Gasteiger partial charge in [0.1, 0.15) is 0 Å². The molecule has 24 heavy (non-hydrogen) atoms. The third kappa shape index (κ3) is 2.50. The van der Waals surface area contributed by atoms with Gasteiger partial charge < -0.3 is 22.9 Å². The fourth-order valence-electron chi connectivity index (χ4n) is 2.79. The fraction of sp³-hybridized carbons (Fsp3) is 0. The van der Waals surface area contributed by atoms with E-state index in [1.807, 2.05) is 0 Å². The van der Waals surface area contributed by atoms with Gasteiger partial charge >= 0.3 is 0 Å². The highest BCUT2D eigenvalue weighted by Gasteiger charge is 2.17. The summed E-state index contributed by atoms with van der Waals surface area (Å²) in [5.74, 6) is -1.09. The van der Waals surface area contributed by atoms with Crippen LogP contribution in [0.2, 0.25) is 0 Å². The van der Waals surface area contributed by atoms with Crippen LogP contribution in [0.4, 0.5) is 11.4 Å². The number of benzene rings is 3. The molecule has 0 saturated heterocycles. The molecule has 0 aromatic heterocycles. The van der Waals surface area contributed by atoms with Crippen molar-refractivity contribution >= 4 is 34.0 Å². The highest BCUT2D eigenvalue weighted by atomic mass is 16.1. The monoisotopic (exact) mass is 320 g/mol. The standard InChI is InChI=1S/C18H16N4O2/c19-11-3-6-13(15(20)8-11)16-12-4-2-10(17(21)23)7-9(12)1-5-14(16)18(22)24/h1-8H,19-20H2,(H2,21,23)(H2,22,24). The van der Waals surface area contributed by atoms with E-state index in [4.69, 9.17) is 22.9 Å². The molecule has 2 amide bonds. The Morgan fingerprint density at radius 3 is 2.17 bits per heavy atom. The molecular weight excluding hydrogens is 304 g/mol. The molecule has 0 heterocycles. The predicted molar refractivity (Wildman–Crippen MR) is 95.2 cm³/mol. The lowest BCUT2D eigenvalue weighted by molar-refractivity contribution is 0.0992. The Morgan fingerprint density at radius 2 is 1.54 bits per heavy atom. The Labute approximate surface area is 138 Å². The summed E-state index contributed by atoms with van der Waals surface area (Å²) >= 11 is 0. The molecule has 0 radical (unpaired) electrons. The van der Waals surface area contributed by atoms with Crippen molar-refractivity contribution in [3.05, 3.63) is 59.7 Å². The molecule has 0 spiro atoms. The van der Waals surface area contributed by atoms with E-state index in [0.717, 1.165) is 10.8 Å². The zero-order chi connectivity index (χ0) is 17.4. The van der Waals surface area contributed by atoms with E-state index in [9.17, 15) is 9.59 Å². The lowest BCUT2D eigenvalue weighted by Crippen LogP contribution is -2.13. The SMILES string of the molecule is NC(=O)c1ccc2c(-c3ccc(N)cc3N)c(C(N)=O)ccc2c1. The molecule has 3 aromatic carbocycles. The van der Waals surface area contributed by atoms with Gasteiger partial charge in [0.15, 0.2) is 0 Å². The van der Waals surface area contributed by atoms with Crippen LogP contribution in [-0.2, 0) is 0 Å². The molecule has 0 aliphatic heterocycles. The average Bonchev–Trinajstić information content (AvgIpc) is 2.53. The topological polar surface area (TPSA) is 138 Å². The second-order valence-electron chi connectivity index (χ2n) is 5.50. The molecule has 0 aliphatic carbocycles. The summed E-state index contributed by atoms with van der Waals surface area (Å²) in [4.78, 5) is 23.3. The van der Waals surface area contributed by atoms with Crippen molar-refractivity contribution in [3.63, 3.8) is 0 Å². The first kappa shape index (κ1) is 15.4. The molecule has 0 atom stereocenters. The number of anilines is 2. The number of carbonyl (C=O) groups is 2. The van der Waals surface area contributed by atoms with Crippen molar-refractivity contribution in [2.45, 2.75) is 0 Å². The molecular formula is C18H16N4O2. The molecule has 0 saturated carbocycles. The minimum atomic E-state index is -0.567. The van der Waals surface area contributed by atoms with Crippen molar-refractivity contribution < 1.29 is 9.59 Å². The van der Waals surface area contributed by atoms with E-state index in [0.29, 0.717) is 33.6 Å². The molecule has 0 aliphatic rings. The molecule has 0 unspecified atom stereocenters. The number of nitrogens with two attached hydrogens (primary N) is 4. The van der Waals surface area contributed by atoms with Gasteiger partial charge in [-0.3, -0.25) is 9.59 Å². The van der Waals surface area contributed by atoms with Crippen LogP contribution >= 0.6 is 0 Å². The summed E-state index contributed by atoms with van der Waals surface area (Å²) in [6, 6.07) is 13.4. The molecule has 3 aromatic rings. The number of rotatable bonds is 3. The van der Waals surface area contributed by atoms with Gasteiger partial charge in [0.05, 0.1) is 0 Å². The second-order valence-corrected chi connectivity index (χ2v) is 5.50. The van der Waals surface area contributed by atoms with Crippen molar-refractivity contribution in [1.29, 1.82) is 0 Å². The number of carbonyl (C=O) groups excluding carboxylic acids is 2. The summed E-state index contributed by atoms with van der Waals surface area (Å²) in [5, 5.41) is 1.50. The number of hydrogen-bond donors (Lipinski definition) is 4. The van der Waals surface area contributed by atoms with Crippen LogP contribution in [0.15, 0.2) is 48.5 Å². The first-order chi connectivity index (χ1) is 11.4. The van der Waals surface area contributed by atoms with Crippen molar-refractivity contribution in [3.8, 4) is 11.1 Å². The quantitative estimate of drug-likeness (QED) is 0.547. The smallest absolute Gasteiger partial charge is 0.249 e. The van der Waals surface area contributed by atoms with Crippen molar-refractivity contribution in [2.24, 2.45) is 11.5 Å². The van der Waals surface area contributed by atoms with Gasteiger partial charge in [-0.1, -0.05) is 18.2 Å². The molecule has 8 N–H and O–H groups in total. The number of nitrogen functional groups attached to an aromatic ring is 2. The van der Waals surface area contributed by atoms with Gasteiger partial charge in [-0.05, 0) is 41.1 Å². The summed E-state index contributed by atoms with van der Waals surface area (Å²) in [7, 11) is 0. The maximum absolute atomic E-state index is 11.9. The van der Waals surface area contributed by atoms with E-state index >= 15 is 0 Å². The maximum Gasteiger partial charge on any atom is 0.249 e. The highest BCUT2D eigenvalue weighted by molar-refractivity contribution is 6.12. The average molecular weight is 320 g/mol. The largest absolute Gasteiger partial charge is 0.399 e. The fourth-order valence-corrected chi connectivity index (χ4v) is 2.79. The van der Waals surface area contributed by atoms with Gasteiger partial charge in [0.2, 0.25) is 11.8 Å². The molecule has 0 fully saturated rings. The van der Waals surface area contributed by atoms with Gasteiger partial charge in [-0.25, -0.2) is 0 Å². The van der Waals surface area contributed by atoms with Crippen LogP contribution in [0.1, 0.15) is 20.7 Å². The number of hydrogen-bond acceptors (Lipinski definition) is 4. The molecule has 0 bridgehead atoms. The minimum absolute atomic E-state index is 0.339. The Bertz CT molecular complexity index is 996. The zero-order valence-electron chi connectivity index (χ0n) is 12.7. The number of fused-ring (bicyclic) bond motifs is 1. The number of primary amides is 2. The number of amides is 2. The third-order valence-electron chi connectivity index (χ3n) is 3.91. The first-order valence-electron chi connectivity index (χ1n) is 7.20. The van der Waals surface area contributed by atoms with Crippen molar-refractivity contribution in [2.75, 3.05) is 11.5 Å². The van der Waals surface area contributed by atoms with E-state index in [1.165, 1.54) is 0 Å². The molecule has 6 nitrogen and oxygen atoms in total. The maximum atomic E-state index is 11.9. The summed E-state index contributed by atoms with van der Waals surface area (Å²) in [6.07, 6.45) is 0. The van der Waals surface area contributed by atoms with Gasteiger partial charge in [-0.15, -0.1) is 0 Å². The van der Waals surface area contributed by atoms with E-state index in [2.05, 4.69) is 0 Å². The highest BCUT2D eigenvalue weighted by Crippen LogP contribution is 2.36. The summed E-state index contributed by atoms with van der Waals surface area (Å²) in [5.41, 5.74) is 25.6. The van der Waals surface area contributed by atoms with E-state index in [1.54, 1.807) is 48.5 Å². The van der Waals surface area contributed by atoms with Crippen LogP contribution in [0.3, 0.4) is 0 Å². The van der Waals surface area contributed by atoms with Gasteiger partial charge in [-0.2, -0.15) is 0 Å². The first-order valence-corrected chi connectivity index (χ1v) is 7.20. The summed E-state index contributed by atoms with van der Waals surface area (Å²) < 4.78 is 0. The van der Waals surface area contributed by atoms with Crippen LogP contribution in [0, 0.1) is 0 Å². The van der Waals surface area contributed by atoms with Gasteiger partial charge in [0, 0.05) is 33.6 Å².